The number of fused-ring (bicyclic) bond motifs is 2. The molecule has 5 heteroatoms. The van der Waals surface area contributed by atoms with Crippen molar-refractivity contribution in [3.63, 3.8) is 0 Å². The molecule has 2 aliphatic rings. The topological polar surface area (TPSA) is 32.3 Å². The van der Waals surface area contributed by atoms with Crippen LogP contribution in [0.2, 0.25) is 5.02 Å². The van der Waals surface area contributed by atoms with Crippen LogP contribution < -0.4 is 5.32 Å². The summed E-state index contributed by atoms with van der Waals surface area (Å²) in [5, 5.41) is 3.57. The predicted molar refractivity (Wildman–Crippen MR) is 81.1 cm³/mol. The molecule has 2 unspecified atom stereocenters. The fourth-order valence-electron chi connectivity index (χ4n) is 3.67. The Hall–Kier alpha value is -1.13. The number of hydrogen-bond donors (Lipinski definition) is 1. The molecule has 0 aliphatic carbocycles. The van der Waals surface area contributed by atoms with E-state index in [4.69, 9.17) is 11.6 Å². The Balaban J connectivity index is 1.82. The molecule has 3 nitrogen and oxygen atoms in total. The summed E-state index contributed by atoms with van der Waals surface area (Å²) in [5.41, 5.74) is 0.0789. The van der Waals surface area contributed by atoms with Gasteiger partial charge in [0.2, 0.25) is 0 Å². The molecule has 1 aromatic rings. The summed E-state index contributed by atoms with van der Waals surface area (Å²) in [6.07, 6.45) is 4.27. The minimum absolute atomic E-state index is 0.00211. The first-order chi connectivity index (χ1) is 10.1. The van der Waals surface area contributed by atoms with E-state index in [2.05, 4.69) is 5.32 Å². The van der Waals surface area contributed by atoms with E-state index in [1.807, 2.05) is 6.92 Å². The van der Waals surface area contributed by atoms with Crippen molar-refractivity contribution >= 4 is 17.5 Å². The predicted octanol–water partition coefficient (Wildman–Crippen LogP) is 3.22. The van der Waals surface area contributed by atoms with E-state index >= 15 is 0 Å². The summed E-state index contributed by atoms with van der Waals surface area (Å²) in [5.74, 6) is -0.858. The molecule has 3 rings (SSSR count). The van der Waals surface area contributed by atoms with Crippen molar-refractivity contribution in [1.29, 1.82) is 0 Å². The number of nitrogens with one attached hydrogen (secondary N) is 1. The molecule has 2 atom stereocenters. The van der Waals surface area contributed by atoms with Gasteiger partial charge in [-0.15, -0.1) is 0 Å². The Morgan fingerprint density at radius 2 is 2.05 bits per heavy atom. The Kier molecular flexibility index (Phi) is 4.18. The number of amides is 1. The first-order valence-electron chi connectivity index (χ1n) is 7.61. The molecule has 0 saturated carbocycles. The number of rotatable bonds is 3. The maximum absolute atomic E-state index is 14.1. The van der Waals surface area contributed by atoms with E-state index in [0.717, 1.165) is 12.8 Å². The van der Waals surface area contributed by atoms with Crippen LogP contribution in [0.1, 0.15) is 43.0 Å². The van der Waals surface area contributed by atoms with E-state index in [9.17, 15) is 9.18 Å². The third-order valence-electron chi connectivity index (χ3n) is 4.67. The van der Waals surface area contributed by atoms with Crippen LogP contribution in [0.4, 0.5) is 4.39 Å². The van der Waals surface area contributed by atoms with E-state index in [1.54, 1.807) is 11.0 Å². The molecule has 0 aromatic heterocycles. The SMILES string of the molecule is CCN(C(=O)c1cccc(Cl)c1F)C1CC2CCC(C1)N2. The number of carbonyl (C=O) groups excluding carboxylic acids is 1. The maximum Gasteiger partial charge on any atom is 0.257 e. The summed E-state index contributed by atoms with van der Waals surface area (Å²) in [7, 11) is 0. The third kappa shape index (κ3) is 2.79. The standard InChI is InChI=1S/C16H20ClFN2O/c1-2-20(12-8-10-6-7-11(9-12)19-10)16(21)13-4-3-5-14(17)15(13)18/h3-5,10-12,19H,2,6-9H2,1H3. The van der Waals surface area contributed by atoms with Gasteiger partial charge in [0.15, 0.2) is 5.82 Å². The number of piperidine rings is 1. The monoisotopic (exact) mass is 310 g/mol. The quantitative estimate of drug-likeness (QED) is 0.929. The van der Waals surface area contributed by atoms with Gasteiger partial charge in [-0.1, -0.05) is 17.7 Å². The van der Waals surface area contributed by atoms with Gasteiger partial charge >= 0.3 is 0 Å². The van der Waals surface area contributed by atoms with Crippen molar-refractivity contribution < 1.29 is 9.18 Å². The van der Waals surface area contributed by atoms with Crippen molar-refractivity contribution in [2.75, 3.05) is 6.54 Å². The highest BCUT2D eigenvalue weighted by molar-refractivity contribution is 6.31. The number of halogens is 2. The van der Waals surface area contributed by atoms with Crippen molar-refractivity contribution in [3.05, 3.63) is 34.6 Å². The molecule has 2 heterocycles. The Labute approximate surface area is 129 Å². The van der Waals surface area contributed by atoms with Crippen LogP contribution >= 0.6 is 11.6 Å². The number of nitrogens with zero attached hydrogens (tertiary/aromatic N) is 1. The number of carbonyl (C=O) groups is 1. The van der Waals surface area contributed by atoms with Crippen LogP contribution in [-0.4, -0.2) is 35.5 Å². The van der Waals surface area contributed by atoms with Crippen LogP contribution in [0.5, 0.6) is 0 Å². The van der Waals surface area contributed by atoms with Gasteiger partial charge in [0, 0.05) is 24.7 Å². The molecule has 1 aromatic carbocycles. The highest BCUT2D eigenvalue weighted by Gasteiger charge is 2.37. The lowest BCUT2D eigenvalue weighted by atomic mass is 9.97. The molecule has 1 N–H and O–H groups in total. The van der Waals surface area contributed by atoms with Gasteiger partial charge in [-0.05, 0) is 44.7 Å². The van der Waals surface area contributed by atoms with E-state index in [-0.39, 0.29) is 22.5 Å². The smallest absolute Gasteiger partial charge is 0.257 e. The Morgan fingerprint density at radius 1 is 1.38 bits per heavy atom. The minimum atomic E-state index is -0.612. The van der Waals surface area contributed by atoms with E-state index in [0.29, 0.717) is 18.6 Å². The maximum atomic E-state index is 14.1. The fourth-order valence-corrected chi connectivity index (χ4v) is 3.85. The Bertz CT molecular complexity index is 539. The van der Waals surface area contributed by atoms with Gasteiger partial charge in [0.05, 0.1) is 10.6 Å². The zero-order valence-corrected chi connectivity index (χ0v) is 12.9. The lowest BCUT2D eigenvalue weighted by Crippen LogP contribution is -2.50. The molecule has 2 fully saturated rings. The molecule has 2 bridgehead atoms. The van der Waals surface area contributed by atoms with Gasteiger partial charge in [0.25, 0.3) is 5.91 Å². The normalized spacial score (nSPS) is 27.7. The molecule has 2 aliphatic heterocycles. The van der Waals surface area contributed by atoms with E-state index < -0.39 is 5.82 Å². The summed E-state index contributed by atoms with van der Waals surface area (Å²) < 4.78 is 14.1. The van der Waals surface area contributed by atoms with Crippen molar-refractivity contribution in [2.24, 2.45) is 0 Å². The summed E-state index contributed by atoms with van der Waals surface area (Å²) in [6, 6.07) is 5.80. The van der Waals surface area contributed by atoms with Crippen LogP contribution in [0.15, 0.2) is 18.2 Å². The molecule has 21 heavy (non-hydrogen) atoms. The molecular formula is C16H20ClFN2O. The van der Waals surface area contributed by atoms with Crippen molar-refractivity contribution in [1.82, 2.24) is 10.2 Å². The molecular weight excluding hydrogens is 291 g/mol. The van der Waals surface area contributed by atoms with Crippen LogP contribution in [-0.2, 0) is 0 Å². The van der Waals surface area contributed by atoms with Crippen LogP contribution in [0, 0.1) is 5.82 Å². The molecule has 0 radical (unpaired) electrons. The molecule has 0 spiro atoms. The van der Waals surface area contributed by atoms with Gasteiger partial charge < -0.3 is 10.2 Å². The number of benzene rings is 1. The molecule has 2 saturated heterocycles. The second kappa shape index (κ2) is 5.93. The highest BCUT2D eigenvalue weighted by Crippen LogP contribution is 2.31. The number of hydrogen-bond acceptors (Lipinski definition) is 2. The first-order valence-corrected chi connectivity index (χ1v) is 7.99. The van der Waals surface area contributed by atoms with Gasteiger partial charge in [-0.3, -0.25) is 4.79 Å². The summed E-state index contributed by atoms with van der Waals surface area (Å²) in [4.78, 5) is 14.5. The van der Waals surface area contributed by atoms with Gasteiger partial charge in [-0.2, -0.15) is 0 Å². The van der Waals surface area contributed by atoms with E-state index in [1.165, 1.54) is 25.0 Å². The average Bonchev–Trinajstić information content (AvgIpc) is 2.81. The molecule has 1 amide bonds. The third-order valence-corrected chi connectivity index (χ3v) is 4.96. The summed E-state index contributed by atoms with van der Waals surface area (Å²) >= 11 is 5.79. The average molecular weight is 311 g/mol. The Morgan fingerprint density at radius 3 is 2.67 bits per heavy atom. The first kappa shape index (κ1) is 14.8. The second-order valence-electron chi connectivity index (χ2n) is 5.96. The highest BCUT2D eigenvalue weighted by atomic mass is 35.5. The lowest BCUT2D eigenvalue weighted by molar-refractivity contribution is 0.0626. The zero-order valence-electron chi connectivity index (χ0n) is 12.1. The van der Waals surface area contributed by atoms with Gasteiger partial charge in [-0.25, -0.2) is 4.39 Å². The lowest BCUT2D eigenvalue weighted by Gasteiger charge is -2.37. The van der Waals surface area contributed by atoms with Crippen molar-refractivity contribution in [3.8, 4) is 0 Å². The largest absolute Gasteiger partial charge is 0.336 e. The molecule has 114 valence electrons. The van der Waals surface area contributed by atoms with Crippen LogP contribution in [0.25, 0.3) is 0 Å². The summed E-state index contributed by atoms with van der Waals surface area (Å²) in [6.45, 7) is 2.54. The minimum Gasteiger partial charge on any atom is -0.336 e. The van der Waals surface area contributed by atoms with Crippen LogP contribution in [0.3, 0.4) is 0 Å². The van der Waals surface area contributed by atoms with Crippen molar-refractivity contribution in [2.45, 2.75) is 50.7 Å². The second-order valence-corrected chi connectivity index (χ2v) is 6.36. The van der Waals surface area contributed by atoms with Gasteiger partial charge in [0.1, 0.15) is 0 Å². The zero-order chi connectivity index (χ0) is 15.0. The fraction of sp³-hybridized carbons (Fsp3) is 0.562.